The summed E-state index contributed by atoms with van der Waals surface area (Å²) in [7, 11) is 0. The number of hydrogen-bond acceptors (Lipinski definition) is 1. The van der Waals surface area contributed by atoms with Gasteiger partial charge in [0, 0.05) is 0 Å². The normalized spacial score (nSPS) is 12.6. The van der Waals surface area contributed by atoms with Crippen molar-refractivity contribution in [3.05, 3.63) is 34.1 Å². The maximum Gasteiger partial charge on any atom is 0.310 e. The van der Waals surface area contributed by atoms with Gasteiger partial charge in [-0.15, -0.1) is 0 Å². The number of carboxylic acids is 1. The first-order valence-corrected chi connectivity index (χ1v) is 4.49. The van der Waals surface area contributed by atoms with E-state index >= 15 is 0 Å². The average Bonchev–Trinajstić information content (AvgIpc) is 2.10. The molecule has 0 heterocycles. The quantitative estimate of drug-likeness (QED) is 0.825. The Morgan fingerprint density at radius 2 is 2.14 bits per heavy atom. The van der Waals surface area contributed by atoms with Crippen molar-refractivity contribution in [3.8, 4) is 0 Å². The third-order valence-electron chi connectivity index (χ3n) is 2.15. The fourth-order valence-corrected chi connectivity index (χ4v) is 1.43. The van der Waals surface area contributed by atoms with Crippen LogP contribution >= 0.6 is 11.6 Å². The van der Waals surface area contributed by atoms with E-state index in [0.717, 1.165) is 0 Å². The van der Waals surface area contributed by atoms with Crippen molar-refractivity contribution < 1.29 is 14.3 Å². The van der Waals surface area contributed by atoms with Crippen molar-refractivity contribution in [2.45, 2.75) is 19.8 Å². The number of carbonyl (C=O) groups is 1. The minimum Gasteiger partial charge on any atom is -0.481 e. The molecule has 0 aliphatic carbocycles. The zero-order chi connectivity index (χ0) is 10.9. The van der Waals surface area contributed by atoms with Crippen LogP contribution in [0.5, 0.6) is 0 Å². The fourth-order valence-electron chi connectivity index (χ4n) is 1.26. The summed E-state index contributed by atoms with van der Waals surface area (Å²) < 4.78 is 12.9. The second-order valence-electron chi connectivity index (χ2n) is 3.18. The molecule has 0 amide bonds. The molecule has 4 heteroatoms. The summed E-state index contributed by atoms with van der Waals surface area (Å²) in [5.74, 6) is -2.14. The molecule has 0 bridgehead atoms. The van der Waals surface area contributed by atoms with Crippen molar-refractivity contribution in [2.75, 3.05) is 0 Å². The van der Waals surface area contributed by atoms with Gasteiger partial charge in [-0.05, 0) is 37.1 Å². The van der Waals surface area contributed by atoms with Gasteiger partial charge in [0.05, 0.1) is 10.9 Å². The van der Waals surface area contributed by atoms with Crippen molar-refractivity contribution in [3.63, 3.8) is 0 Å². The van der Waals surface area contributed by atoms with Crippen LogP contribution in [0.3, 0.4) is 0 Å². The topological polar surface area (TPSA) is 37.3 Å². The number of carboxylic acid groups (broad SMARTS) is 1. The highest BCUT2D eigenvalue weighted by Crippen LogP contribution is 2.25. The summed E-state index contributed by atoms with van der Waals surface area (Å²) in [5.41, 5.74) is 1.14. The molecule has 1 unspecified atom stereocenters. The van der Waals surface area contributed by atoms with Crippen LogP contribution in [0.1, 0.15) is 24.0 Å². The van der Waals surface area contributed by atoms with Gasteiger partial charge in [-0.3, -0.25) is 4.79 Å². The molecule has 76 valence electrons. The van der Waals surface area contributed by atoms with Crippen LogP contribution in [0.4, 0.5) is 4.39 Å². The molecular weight excluding hydrogens is 207 g/mol. The maximum absolute atomic E-state index is 12.9. The molecule has 0 saturated carbocycles. The monoisotopic (exact) mass is 216 g/mol. The number of benzene rings is 1. The predicted molar refractivity (Wildman–Crippen MR) is 52.2 cm³/mol. The van der Waals surface area contributed by atoms with Gasteiger partial charge < -0.3 is 5.11 Å². The molecule has 0 aromatic heterocycles. The lowest BCUT2D eigenvalue weighted by Crippen LogP contribution is -2.09. The van der Waals surface area contributed by atoms with Crippen LogP contribution < -0.4 is 0 Å². The van der Waals surface area contributed by atoms with Gasteiger partial charge in [0.2, 0.25) is 0 Å². The number of aliphatic carboxylic acids is 1. The predicted octanol–water partition coefficient (Wildman–Crippen LogP) is 2.98. The minimum absolute atomic E-state index is 0.0429. The molecule has 0 aliphatic heterocycles. The zero-order valence-corrected chi connectivity index (χ0v) is 8.60. The summed E-state index contributed by atoms with van der Waals surface area (Å²) in [5, 5.41) is 8.74. The summed E-state index contributed by atoms with van der Waals surface area (Å²) in [6.07, 6.45) is 0. The Bertz CT molecular complexity index is 377. The van der Waals surface area contributed by atoms with Crippen LogP contribution in [-0.4, -0.2) is 11.1 Å². The van der Waals surface area contributed by atoms with Crippen LogP contribution in [-0.2, 0) is 4.79 Å². The van der Waals surface area contributed by atoms with Crippen LogP contribution in [0.25, 0.3) is 0 Å². The molecule has 0 aliphatic rings. The molecular formula is C10H10ClFO2. The van der Waals surface area contributed by atoms with Crippen LogP contribution in [0.15, 0.2) is 12.1 Å². The standard InChI is InChI=1S/C10H10ClFO2/c1-5-3-9(12)8(11)4-7(5)6(2)10(13)14/h3-4,6H,1-2H3,(H,13,14). The molecule has 0 fully saturated rings. The highest BCUT2D eigenvalue weighted by molar-refractivity contribution is 6.30. The molecule has 0 saturated heterocycles. The van der Waals surface area contributed by atoms with E-state index in [1.54, 1.807) is 13.8 Å². The van der Waals surface area contributed by atoms with E-state index in [1.807, 2.05) is 0 Å². The smallest absolute Gasteiger partial charge is 0.310 e. The third kappa shape index (κ3) is 2.04. The lowest BCUT2D eigenvalue weighted by molar-refractivity contribution is -0.138. The van der Waals surface area contributed by atoms with Crippen molar-refractivity contribution >= 4 is 17.6 Å². The molecule has 2 nitrogen and oxygen atoms in total. The summed E-state index contributed by atoms with van der Waals surface area (Å²) in [6.45, 7) is 3.20. The molecule has 1 rings (SSSR count). The summed E-state index contributed by atoms with van der Waals surface area (Å²) in [4.78, 5) is 10.7. The second-order valence-corrected chi connectivity index (χ2v) is 3.59. The van der Waals surface area contributed by atoms with E-state index < -0.39 is 17.7 Å². The molecule has 1 aromatic carbocycles. The van der Waals surface area contributed by atoms with E-state index in [-0.39, 0.29) is 5.02 Å². The number of aryl methyl sites for hydroxylation is 1. The number of halogens is 2. The number of hydrogen-bond donors (Lipinski definition) is 1. The Morgan fingerprint density at radius 1 is 1.57 bits per heavy atom. The van der Waals surface area contributed by atoms with E-state index in [1.165, 1.54) is 12.1 Å². The number of rotatable bonds is 2. The summed E-state index contributed by atoms with van der Waals surface area (Å²) in [6, 6.07) is 2.61. The Hall–Kier alpha value is -1.09. The van der Waals surface area contributed by atoms with E-state index in [2.05, 4.69) is 0 Å². The Labute approximate surface area is 86.3 Å². The fraction of sp³-hybridized carbons (Fsp3) is 0.300. The second kappa shape index (κ2) is 3.96. The molecule has 0 spiro atoms. The first-order chi connectivity index (χ1) is 6.43. The maximum atomic E-state index is 12.9. The van der Waals surface area contributed by atoms with E-state index in [0.29, 0.717) is 11.1 Å². The SMILES string of the molecule is Cc1cc(F)c(Cl)cc1C(C)C(=O)O. The van der Waals surface area contributed by atoms with Gasteiger partial charge in [-0.2, -0.15) is 0 Å². The Morgan fingerprint density at radius 3 is 2.64 bits per heavy atom. The van der Waals surface area contributed by atoms with E-state index in [9.17, 15) is 9.18 Å². The summed E-state index contributed by atoms with van der Waals surface area (Å²) >= 11 is 5.57. The van der Waals surface area contributed by atoms with Gasteiger partial charge in [0.1, 0.15) is 5.82 Å². The van der Waals surface area contributed by atoms with Gasteiger partial charge in [0.25, 0.3) is 0 Å². The van der Waals surface area contributed by atoms with Crippen LogP contribution in [0.2, 0.25) is 5.02 Å². The van der Waals surface area contributed by atoms with Gasteiger partial charge in [0.15, 0.2) is 0 Å². The minimum atomic E-state index is -0.948. The first-order valence-electron chi connectivity index (χ1n) is 4.12. The molecule has 1 N–H and O–H groups in total. The van der Waals surface area contributed by atoms with Gasteiger partial charge in [-0.1, -0.05) is 11.6 Å². The lowest BCUT2D eigenvalue weighted by Gasteiger charge is -2.10. The highest BCUT2D eigenvalue weighted by atomic mass is 35.5. The first kappa shape index (κ1) is 11.0. The molecule has 14 heavy (non-hydrogen) atoms. The van der Waals surface area contributed by atoms with Crippen LogP contribution in [0, 0.1) is 12.7 Å². The van der Waals surface area contributed by atoms with Gasteiger partial charge >= 0.3 is 5.97 Å². The Balaban J connectivity index is 3.22. The largest absolute Gasteiger partial charge is 0.481 e. The van der Waals surface area contributed by atoms with Crippen molar-refractivity contribution in [1.82, 2.24) is 0 Å². The lowest BCUT2D eigenvalue weighted by atomic mass is 9.96. The Kier molecular flexibility index (Phi) is 3.11. The third-order valence-corrected chi connectivity index (χ3v) is 2.44. The van der Waals surface area contributed by atoms with E-state index in [4.69, 9.17) is 16.7 Å². The molecule has 0 radical (unpaired) electrons. The highest BCUT2D eigenvalue weighted by Gasteiger charge is 2.17. The van der Waals surface area contributed by atoms with Gasteiger partial charge in [-0.25, -0.2) is 4.39 Å². The van der Waals surface area contributed by atoms with Crippen molar-refractivity contribution in [2.24, 2.45) is 0 Å². The zero-order valence-electron chi connectivity index (χ0n) is 7.84. The average molecular weight is 217 g/mol. The molecule has 1 aromatic rings. The van der Waals surface area contributed by atoms with Crippen molar-refractivity contribution in [1.29, 1.82) is 0 Å². The molecule has 1 atom stereocenters.